The van der Waals surface area contributed by atoms with Crippen LogP contribution < -0.4 is 11.1 Å². The van der Waals surface area contributed by atoms with Crippen LogP contribution in [0.25, 0.3) is 0 Å². The lowest BCUT2D eigenvalue weighted by atomic mass is 10.1. The Morgan fingerprint density at radius 2 is 1.81 bits per heavy atom. The van der Waals surface area contributed by atoms with Crippen molar-refractivity contribution in [1.82, 2.24) is 5.32 Å². The van der Waals surface area contributed by atoms with Gasteiger partial charge >= 0.3 is 0 Å². The molecule has 4 heteroatoms. The maximum absolute atomic E-state index is 11.1. The van der Waals surface area contributed by atoms with Gasteiger partial charge in [-0.2, -0.15) is 0 Å². The van der Waals surface area contributed by atoms with Gasteiger partial charge in [0.05, 0.1) is 12.1 Å². The van der Waals surface area contributed by atoms with Gasteiger partial charge in [0.2, 0.25) is 5.91 Å². The smallest absolute Gasteiger partial charge is 0.234 e. The first-order valence-electron chi connectivity index (χ1n) is 6.01. The van der Waals surface area contributed by atoms with Crippen molar-refractivity contribution in [2.24, 2.45) is 11.7 Å². The van der Waals surface area contributed by atoms with Crippen molar-refractivity contribution >= 4 is 5.91 Å². The quantitative estimate of drug-likeness (QED) is 0.660. The van der Waals surface area contributed by atoms with E-state index in [2.05, 4.69) is 19.2 Å². The summed E-state index contributed by atoms with van der Waals surface area (Å²) in [5.74, 6) is 0.180. The standard InChI is InChI=1S/C12H26N2O2/c1-8(2)10(5)16-7-6-11(12(13)15)14-9(3)4/h8-11,14H,6-7H2,1-5H3,(H2,13,15). The number of carbonyl (C=O) groups is 1. The molecule has 3 N–H and O–H groups in total. The summed E-state index contributed by atoms with van der Waals surface area (Å²) in [6, 6.07) is -0.0422. The van der Waals surface area contributed by atoms with E-state index in [-0.39, 0.29) is 24.1 Å². The lowest BCUT2D eigenvalue weighted by molar-refractivity contribution is -0.120. The summed E-state index contributed by atoms with van der Waals surface area (Å²) in [7, 11) is 0. The highest BCUT2D eigenvalue weighted by Gasteiger charge is 2.16. The van der Waals surface area contributed by atoms with E-state index < -0.39 is 0 Å². The van der Waals surface area contributed by atoms with E-state index in [1.165, 1.54) is 0 Å². The van der Waals surface area contributed by atoms with Gasteiger partial charge in [0.25, 0.3) is 0 Å². The first-order valence-corrected chi connectivity index (χ1v) is 6.01. The van der Waals surface area contributed by atoms with Crippen LogP contribution in [0.1, 0.15) is 41.0 Å². The average molecular weight is 230 g/mol. The minimum atomic E-state index is -0.311. The summed E-state index contributed by atoms with van der Waals surface area (Å²) < 4.78 is 5.62. The molecule has 0 bridgehead atoms. The van der Waals surface area contributed by atoms with Crippen molar-refractivity contribution in [2.75, 3.05) is 6.61 Å². The van der Waals surface area contributed by atoms with Gasteiger partial charge in [0.15, 0.2) is 0 Å². The van der Waals surface area contributed by atoms with Crippen molar-refractivity contribution in [2.45, 2.75) is 59.2 Å². The minimum absolute atomic E-state index is 0.215. The van der Waals surface area contributed by atoms with Gasteiger partial charge in [0, 0.05) is 12.6 Å². The number of hydrogen-bond donors (Lipinski definition) is 2. The molecule has 0 aliphatic carbocycles. The van der Waals surface area contributed by atoms with Crippen LogP contribution in [0.2, 0.25) is 0 Å². The summed E-state index contributed by atoms with van der Waals surface area (Å²) in [4.78, 5) is 11.1. The number of ether oxygens (including phenoxy) is 1. The zero-order valence-corrected chi connectivity index (χ0v) is 11.1. The SMILES string of the molecule is CC(C)NC(CCOC(C)C(C)C)C(N)=O. The number of nitrogens with one attached hydrogen (secondary N) is 1. The first-order chi connectivity index (χ1) is 7.34. The molecule has 0 aromatic heterocycles. The van der Waals surface area contributed by atoms with Gasteiger partial charge in [-0.05, 0) is 19.3 Å². The fourth-order valence-electron chi connectivity index (χ4n) is 1.27. The molecule has 4 nitrogen and oxygen atoms in total. The lowest BCUT2D eigenvalue weighted by Crippen LogP contribution is -2.45. The van der Waals surface area contributed by atoms with Crippen molar-refractivity contribution in [1.29, 1.82) is 0 Å². The average Bonchev–Trinajstić information content (AvgIpc) is 2.14. The van der Waals surface area contributed by atoms with E-state index in [0.29, 0.717) is 18.9 Å². The van der Waals surface area contributed by atoms with Crippen LogP contribution >= 0.6 is 0 Å². The molecule has 0 aromatic rings. The summed E-state index contributed by atoms with van der Waals surface area (Å²) >= 11 is 0. The first kappa shape index (κ1) is 15.4. The minimum Gasteiger partial charge on any atom is -0.378 e. The van der Waals surface area contributed by atoms with E-state index in [1.54, 1.807) is 0 Å². The van der Waals surface area contributed by atoms with E-state index in [1.807, 2.05) is 20.8 Å². The third kappa shape index (κ3) is 6.80. The Bertz CT molecular complexity index is 205. The van der Waals surface area contributed by atoms with Gasteiger partial charge in [-0.3, -0.25) is 4.79 Å². The molecule has 0 fully saturated rings. The second kappa shape index (κ2) is 7.63. The molecule has 0 saturated carbocycles. The molecule has 0 radical (unpaired) electrons. The maximum Gasteiger partial charge on any atom is 0.234 e. The second-order valence-corrected chi connectivity index (χ2v) is 4.88. The van der Waals surface area contributed by atoms with Crippen LogP contribution in [0, 0.1) is 5.92 Å². The van der Waals surface area contributed by atoms with Crippen LogP contribution in [0.5, 0.6) is 0 Å². The van der Waals surface area contributed by atoms with Gasteiger partial charge in [-0.1, -0.05) is 27.7 Å². The molecule has 2 unspecified atom stereocenters. The van der Waals surface area contributed by atoms with Crippen LogP contribution in [0.3, 0.4) is 0 Å². The second-order valence-electron chi connectivity index (χ2n) is 4.88. The molecule has 96 valence electrons. The molecule has 0 aliphatic rings. The number of primary amides is 1. The molecule has 2 atom stereocenters. The van der Waals surface area contributed by atoms with E-state index in [9.17, 15) is 4.79 Å². The molecule has 0 aromatic carbocycles. The van der Waals surface area contributed by atoms with Crippen LogP contribution in [0.15, 0.2) is 0 Å². The zero-order chi connectivity index (χ0) is 12.7. The number of carbonyl (C=O) groups excluding carboxylic acids is 1. The fraction of sp³-hybridized carbons (Fsp3) is 0.917. The fourth-order valence-corrected chi connectivity index (χ4v) is 1.27. The Morgan fingerprint density at radius 3 is 2.19 bits per heavy atom. The van der Waals surface area contributed by atoms with Crippen LogP contribution in [-0.2, 0) is 9.53 Å². The highest BCUT2D eigenvalue weighted by molar-refractivity contribution is 5.79. The van der Waals surface area contributed by atoms with E-state index in [0.717, 1.165) is 0 Å². The molecule has 0 spiro atoms. The molecule has 0 heterocycles. The predicted molar refractivity (Wildman–Crippen MR) is 66.1 cm³/mol. The zero-order valence-electron chi connectivity index (χ0n) is 11.1. The van der Waals surface area contributed by atoms with Crippen molar-refractivity contribution in [3.8, 4) is 0 Å². The molecule has 0 aliphatic heterocycles. The van der Waals surface area contributed by atoms with Gasteiger partial charge < -0.3 is 15.8 Å². The normalized spacial score (nSPS) is 15.4. The Morgan fingerprint density at radius 1 is 1.25 bits per heavy atom. The van der Waals surface area contributed by atoms with Gasteiger partial charge in [0.1, 0.15) is 0 Å². The maximum atomic E-state index is 11.1. The Kier molecular flexibility index (Phi) is 7.34. The molecule has 1 amide bonds. The highest BCUT2D eigenvalue weighted by Crippen LogP contribution is 2.06. The largest absolute Gasteiger partial charge is 0.378 e. The predicted octanol–water partition coefficient (Wildman–Crippen LogP) is 1.29. The van der Waals surface area contributed by atoms with Gasteiger partial charge in [-0.15, -0.1) is 0 Å². The van der Waals surface area contributed by atoms with Crippen LogP contribution in [-0.4, -0.2) is 30.7 Å². The number of nitrogens with two attached hydrogens (primary N) is 1. The summed E-state index contributed by atoms with van der Waals surface area (Å²) in [6.07, 6.45) is 0.845. The number of hydrogen-bond acceptors (Lipinski definition) is 3. The monoisotopic (exact) mass is 230 g/mol. The third-order valence-electron chi connectivity index (χ3n) is 2.60. The summed E-state index contributed by atoms with van der Waals surface area (Å²) in [5, 5.41) is 3.13. The Balaban J connectivity index is 3.89. The van der Waals surface area contributed by atoms with Crippen molar-refractivity contribution < 1.29 is 9.53 Å². The summed E-state index contributed by atoms with van der Waals surface area (Å²) in [6.45, 7) is 10.8. The third-order valence-corrected chi connectivity index (χ3v) is 2.60. The van der Waals surface area contributed by atoms with Crippen molar-refractivity contribution in [3.63, 3.8) is 0 Å². The topological polar surface area (TPSA) is 64.3 Å². The molecule has 0 saturated heterocycles. The van der Waals surface area contributed by atoms with Crippen molar-refractivity contribution in [3.05, 3.63) is 0 Å². The number of rotatable bonds is 8. The van der Waals surface area contributed by atoms with Crippen LogP contribution in [0.4, 0.5) is 0 Å². The molecule has 16 heavy (non-hydrogen) atoms. The van der Waals surface area contributed by atoms with Gasteiger partial charge in [-0.25, -0.2) is 0 Å². The molecular weight excluding hydrogens is 204 g/mol. The Labute approximate surface area is 98.9 Å². The van der Waals surface area contributed by atoms with E-state index in [4.69, 9.17) is 10.5 Å². The van der Waals surface area contributed by atoms with E-state index >= 15 is 0 Å². The number of amides is 1. The molecule has 0 rings (SSSR count). The summed E-state index contributed by atoms with van der Waals surface area (Å²) in [5.41, 5.74) is 5.30. The lowest BCUT2D eigenvalue weighted by Gasteiger charge is -2.21. The molecular formula is C12H26N2O2. The Hall–Kier alpha value is -0.610. The highest BCUT2D eigenvalue weighted by atomic mass is 16.5.